The van der Waals surface area contributed by atoms with Gasteiger partial charge in [0.25, 0.3) is 0 Å². The molecule has 0 aromatic heterocycles. The van der Waals surface area contributed by atoms with E-state index < -0.39 is 0 Å². The maximum atomic E-state index is 12.1. The highest BCUT2D eigenvalue weighted by Gasteiger charge is 2.09. The Bertz CT molecular complexity index is 528. The Kier molecular flexibility index (Phi) is 30.5. The van der Waals surface area contributed by atoms with Crippen molar-refractivity contribution in [2.45, 2.75) is 215 Å². The smallest absolute Gasteiger partial charge is 0.305 e. The van der Waals surface area contributed by atoms with Gasteiger partial charge in [0.1, 0.15) is 0 Å². The van der Waals surface area contributed by atoms with Crippen molar-refractivity contribution in [1.29, 1.82) is 0 Å². The Morgan fingerprint density at radius 2 is 0.780 bits per heavy atom. The largest absolute Gasteiger partial charge is 0.466 e. The lowest BCUT2D eigenvalue weighted by Gasteiger charge is -2.16. The van der Waals surface area contributed by atoms with E-state index in [0.29, 0.717) is 18.9 Å². The molecule has 0 fully saturated rings. The van der Waals surface area contributed by atoms with Crippen LogP contribution in [0.2, 0.25) is 0 Å². The van der Waals surface area contributed by atoms with Gasteiger partial charge in [0, 0.05) is 6.42 Å². The van der Waals surface area contributed by atoms with Crippen molar-refractivity contribution in [3.8, 4) is 0 Å². The summed E-state index contributed by atoms with van der Waals surface area (Å²) >= 11 is 0. The normalized spacial score (nSPS) is 13.9. The lowest BCUT2D eigenvalue weighted by atomic mass is 9.91. The molecular weight excluding hydrogens is 500 g/mol. The summed E-state index contributed by atoms with van der Waals surface area (Å²) in [5.41, 5.74) is 0. The molecule has 2 nitrogen and oxygen atoms in total. The molecule has 3 unspecified atom stereocenters. The highest BCUT2D eigenvalue weighted by atomic mass is 16.5. The van der Waals surface area contributed by atoms with E-state index in [1.807, 2.05) is 0 Å². The van der Waals surface area contributed by atoms with Gasteiger partial charge in [-0.3, -0.25) is 4.79 Å². The molecule has 0 saturated heterocycles. The maximum Gasteiger partial charge on any atom is 0.305 e. The predicted octanol–water partition coefficient (Wildman–Crippen LogP) is 13.6. The molecule has 0 aromatic carbocycles. The first-order valence-corrected chi connectivity index (χ1v) is 19.0. The molecule has 0 aliphatic heterocycles. The van der Waals surface area contributed by atoms with Crippen LogP contribution in [0.5, 0.6) is 0 Å². The molecule has 0 spiro atoms. The van der Waals surface area contributed by atoms with Gasteiger partial charge in [-0.25, -0.2) is 0 Å². The summed E-state index contributed by atoms with van der Waals surface area (Å²) in [6.45, 7) is 14.8. The highest BCUT2D eigenvalue weighted by molar-refractivity contribution is 5.69. The second kappa shape index (κ2) is 30.9. The molecule has 0 radical (unpaired) electrons. The molecule has 0 rings (SSSR count). The number of hydrogen-bond acceptors (Lipinski definition) is 2. The highest BCUT2D eigenvalue weighted by Crippen LogP contribution is 2.23. The third kappa shape index (κ3) is 32.2. The number of hydrogen-bond donors (Lipinski definition) is 0. The predicted molar refractivity (Wildman–Crippen MR) is 184 cm³/mol. The molecule has 246 valence electrons. The van der Waals surface area contributed by atoms with Crippen molar-refractivity contribution in [3.05, 3.63) is 0 Å². The SMILES string of the molecule is CCCCCCCCCCCCCCCCCCC(=O)OCCC(C)CCCC(C)CCCC(C)CCCC(C)C. The zero-order valence-corrected chi connectivity index (χ0v) is 29.4. The van der Waals surface area contributed by atoms with E-state index in [9.17, 15) is 4.79 Å². The third-order valence-corrected chi connectivity index (χ3v) is 9.37. The molecule has 0 saturated carbocycles. The summed E-state index contributed by atoms with van der Waals surface area (Å²) in [6, 6.07) is 0. The Morgan fingerprint density at radius 3 is 1.17 bits per heavy atom. The van der Waals surface area contributed by atoms with E-state index in [4.69, 9.17) is 4.74 Å². The van der Waals surface area contributed by atoms with Crippen molar-refractivity contribution in [2.24, 2.45) is 23.7 Å². The first kappa shape index (κ1) is 40.5. The van der Waals surface area contributed by atoms with E-state index >= 15 is 0 Å². The molecule has 0 amide bonds. The van der Waals surface area contributed by atoms with E-state index in [0.717, 1.165) is 30.6 Å². The summed E-state index contributed by atoms with van der Waals surface area (Å²) in [4.78, 5) is 12.1. The fourth-order valence-corrected chi connectivity index (χ4v) is 6.20. The Balaban J connectivity index is 3.43. The van der Waals surface area contributed by atoms with E-state index in [1.54, 1.807) is 0 Å². The molecule has 2 heteroatoms. The number of unbranched alkanes of at least 4 members (excludes halogenated alkanes) is 15. The van der Waals surface area contributed by atoms with Crippen molar-refractivity contribution in [1.82, 2.24) is 0 Å². The summed E-state index contributed by atoms with van der Waals surface area (Å²) in [6.07, 6.45) is 35.8. The quantitative estimate of drug-likeness (QED) is 0.0586. The number of carbonyl (C=O) groups excluding carboxylic acids is 1. The van der Waals surface area contributed by atoms with Crippen LogP contribution in [0.25, 0.3) is 0 Å². The average molecular weight is 579 g/mol. The van der Waals surface area contributed by atoms with E-state index in [2.05, 4.69) is 41.5 Å². The van der Waals surface area contributed by atoms with Gasteiger partial charge in [-0.15, -0.1) is 0 Å². The lowest BCUT2D eigenvalue weighted by Crippen LogP contribution is -2.09. The van der Waals surface area contributed by atoms with Crippen LogP contribution in [0, 0.1) is 23.7 Å². The second-order valence-corrected chi connectivity index (χ2v) is 14.6. The molecule has 0 N–H and O–H groups in total. The van der Waals surface area contributed by atoms with Crippen LogP contribution in [0.3, 0.4) is 0 Å². The van der Waals surface area contributed by atoms with Crippen LogP contribution in [0.15, 0.2) is 0 Å². The number of ether oxygens (including phenoxy) is 1. The van der Waals surface area contributed by atoms with E-state index in [-0.39, 0.29) is 5.97 Å². The summed E-state index contributed by atoms with van der Waals surface area (Å²) in [5, 5.41) is 0. The van der Waals surface area contributed by atoms with Crippen molar-refractivity contribution >= 4 is 5.97 Å². The first-order valence-electron chi connectivity index (χ1n) is 19.0. The van der Waals surface area contributed by atoms with Gasteiger partial charge in [-0.2, -0.15) is 0 Å². The molecule has 0 aliphatic rings. The Labute approximate surface area is 260 Å². The zero-order chi connectivity index (χ0) is 30.4. The molecule has 0 bridgehead atoms. The fourth-order valence-electron chi connectivity index (χ4n) is 6.20. The Hall–Kier alpha value is -0.530. The molecule has 41 heavy (non-hydrogen) atoms. The molecule has 0 aliphatic carbocycles. The van der Waals surface area contributed by atoms with Crippen LogP contribution in [-0.4, -0.2) is 12.6 Å². The van der Waals surface area contributed by atoms with Crippen LogP contribution in [-0.2, 0) is 9.53 Å². The van der Waals surface area contributed by atoms with Crippen molar-refractivity contribution in [2.75, 3.05) is 6.61 Å². The van der Waals surface area contributed by atoms with Gasteiger partial charge in [-0.05, 0) is 36.5 Å². The van der Waals surface area contributed by atoms with Crippen molar-refractivity contribution < 1.29 is 9.53 Å². The Morgan fingerprint density at radius 1 is 0.439 bits per heavy atom. The topological polar surface area (TPSA) is 26.3 Å². The average Bonchev–Trinajstić information content (AvgIpc) is 2.92. The second-order valence-electron chi connectivity index (χ2n) is 14.6. The minimum absolute atomic E-state index is 0.0228. The van der Waals surface area contributed by atoms with Gasteiger partial charge >= 0.3 is 5.97 Å². The van der Waals surface area contributed by atoms with Crippen molar-refractivity contribution in [3.63, 3.8) is 0 Å². The standard InChI is InChI=1S/C39H78O2/c1-7-8-9-10-11-12-13-14-15-16-17-18-19-20-21-22-32-39(40)41-34-33-38(6)31-25-30-37(5)29-24-28-36(4)27-23-26-35(2)3/h35-38H,7-34H2,1-6H3. The molecular formula is C39H78O2. The van der Waals surface area contributed by atoms with Gasteiger partial charge in [0.05, 0.1) is 6.61 Å². The van der Waals surface area contributed by atoms with Gasteiger partial charge in [0.15, 0.2) is 0 Å². The molecule has 3 atom stereocenters. The lowest BCUT2D eigenvalue weighted by molar-refractivity contribution is -0.144. The van der Waals surface area contributed by atoms with Crippen LogP contribution < -0.4 is 0 Å². The third-order valence-electron chi connectivity index (χ3n) is 9.37. The van der Waals surface area contributed by atoms with E-state index in [1.165, 1.54) is 154 Å². The molecule has 0 aromatic rings. The first-order chi connectivity index (χ1) is 19.8. The van der Waals surface area contributed by atoms with Gasteiger partial charge < -0.3 is 4.74 Å². The summed E-state index contributed by atoms with van der Waals surface area (Å²) in [5.74, 6) is 3.28. The number of esters is 1. The summed E-state index contributed by atoms with van der Waals surface area (Å²) < 4.78 is 5.54. The number of rotatable bonds is 32. The molecule has 0 heterocycles. The van der Waals surface area contributed by atoms with Crippen LogP contribution >= 0.6 is 0 Å². The minimum Gasteiger partial charge on any atom is -0.466 e. The zero-order valence-electron chi connectivity index (χ0n) is 29.4. The minimum atomic E-state index is 0.0228. The van der Waals surface area contributed by atoms with Gasteiger partial charge in [-0.1, -0.05) is 196 Å². The van der Waals surface area contributed by atoms with Crippen LogP contribution in [0.1, 0.15) is 215 Å². The maximum absolute atomic E-state index is 12.1. The number of carbonyl (C=O) groups is 1. The summed E-state index contributed by atoms with van der Waals surface area (Å²) in [7, 11) is 0. The van der Waals surface area contributed by atoms with Crippen LogP contribution in [0.4, 0.5) is 0 Å². The fraction of sp³-hybridized carbons (Fsp3) is 0.974. The monoisotopic (exact) mass is 579 g/mol. The van der Waals surface area contributed by atoms with Gasteiger partial charge in [0.2, 0.25) is 0 Å².